The molecule has 0 aromatic heterocycles. The molecule has 17 heavy (non-hydrogen) atoms. The van der Waals surface area contributed by atoms with E-state index in [1.807, 2.05) is 20.8 Å². The largest absolute Gasteiger partial charge is 0.401 e. The van der Waals surface area contributed by atoms with Gasteiger partial charge in [0.25, 0.3) is 0 Å². The van der Waals surface area contributed by atoms with Gasteiger partial charge in [-0.1, -0.05) is 20.8 Å². The fraction of sp³-hybridized carbons (Fsp3) is 1.00. The van der Waals surface area contributed by atoms with Crippen LogP contribution in [0.25, 0.3) is 0 Å². The SMILES string of the molecule is CCNCC(C)(C)CN(CCO)CC(F)(F)F. The summed E-state index contributed by atoms with van der Waals surface area (Å²) in [7, 11) is 0. The average molecular weight is 256 g/mol. The molecule has 0 bridgehead atoms. The fourth-order valence-corrected chi connectivity index (χ4v) is 1.73. The van der Waals surface area contributed by atoms with E-state index in [-0.39, 0.29) is 18.6 Å². The lowest BCUT2D eigenvalue weighted by Crippen LogP contribution is -2.45. The predicted molar refractivity (Wildman–Crippen MR) is 61.9 cm³/mol. The third-order valence-corrected chi connectivity index (χ3v) is 2.32. The topological polar surface area (TPSA) is 35.5 Å². The van der Waals surface area contributed by atoms with Gasteiger partial charge in [-0.15, -0.1) is 0 Å². The molecule has 104 valence electrons. The van der Waals surface area contributed by atoms with Crippen LogP contribution >= 0.6 is 0 Å². The normalized spacial score (nSPS) is 13.4. The predicted octanol–water partition coefficient (Wildman–Crippen LogP) is 1.48. The Hall–Kier alpha value is -0.330. The Labute approximate surface area is 101 Å². The van der Waals surface area contributed by atoms with Crippen molar-refractivity contribution in [1.82, 2.24) is 10.2 Å². The van der Waals surface area contributed by atoms with Gasteiger partial charge in [-0.25, -0.2) is 0 Å². The van der Waals surface area contributed by atoms with Crippen molar-refractivity contribution < 1.29 is 18.3 Å². The first-order valence-corrected chi connectivity index (χ1v) is 5.81. The van der Waals surface area contributed by atoms with E-state index in [0.717, 1.165) is 6.54 Å². The van der Waals surface area contributed by atoms with Crippen LogP contribution in [0.3, 0.4) is 0 Å². The minimum Gasteiger partial charge on any atom is -0.395 e. The van der Waals surface area contributed by atoms with Crippen molar-refractivity contribution >= 4 is 0 Å². The second kappa shape index (κ2) is 7.18. The summed E-state index contributed by atoms with van der Waals surface area (Å²) in [5, 5.41) is 11.9. The van der Waals surface area contributed by atoms with Crippen molar-refractivity contribution in [2.24, 2.45) is 5.41 Å². The Morgan fingerprint density at radius 2 is 1.76 bits per heavy atom. The Balaban J connectivity index is 4.31. The second-order valence-electron chi connectivity index (χ2n) is 4.99. The minimum absolute atomic E-state index is 0.0507. The maximum Gasteiger partial charge on any atom is 0.401 e. The first kappa shape index (κ1) is 16.7. The number of nitrogens with zero attached hydrogens (tertiary/aromatic N) is 1. The molecule has 0 rings (SSSR count). The van der Waals surface area contributed by atoms with Gasteiger partial charge < -0.3 is 10.4 Å². The monoisotopic (exact) mass is 256 g/mol. The van der Waals surface area contributed by atoms with E-state index in [2.05, 4.69) is 5.32 Å². The number of rotatable bonds is 8. The highest BCUT2D eigenvalue weighted by Crippen LogP contribution is 2.21. The maximum atomic E-state index is 12.3. The van der Waals surface area contributed by atoms with Crippen molar-refractivity contribution in [2.45, 2.75) is 26.9 Å². The van der Waals surface area contributed by atoms with Gasteiger partial charge in [-0.05, 0) is 12.0 Å². The van der Waals surface area contributed by atoms with E-state index in [1.165, 1.54) is 4.90 Å². The molecular weight excluding hydrogens is 233 g/mol. The summed E-state index contributed by atoms with van der Waals surface area (Å²) in [4.78, 5) is 1.25. The number of halogens is 3. The van der Waals surface area contributed by atoms with E-state index < -0.39 is 12.7 Å². The van der Waals surface area contributed by atoms with Crippen LogP contribution in [0.1, 0.15) is 20.8 Å². The molecule has 3 nitrogen and oxygen atoms in total. The van der Waals surface area contributed by atoms with Crippen molar-refractivity contribution in [3.05, 3.63) is 0 Å². The molecule has 0 unspecified atom stereocenters. The standard InChI is InChI=1S/C11H23F3N2O/c1-4-15-7-10(2,3)8-16(5-6-17)9-11(12,13)14/h15,17H,4-9H2,1-3H3. The van der Waals surface area contributed by atoms with Crippen LogP contribution in [0.2, 0.25) is 0 Å². The van der Waals surface area contributed by atoms with Crippen LogP contribution in [0.15, 0.2) is 0 Å². The smallest absolute Gasteiger partial charge is 0.395 e. The Bertz CT molecular complexity index is 207. The summed E-state index contributed by atoms with van der Waals surface area (Å²) in [5.74, 6) is 0. The first-order chi connectivity index (χ1) is 7.70. The highest BCUT2D eigenvalue weighted by molar-refractivity contribution is 4.77. The Morgan fingerprint density at radius 1 is 1.18 bits per heavy atom. The van der Waals surface area contributed by atoms with Crippen LogP contribution in [0.4, 0.5) is 13.2 Å². The average Bonchev–Trinajstić information content (AvgIpc) is 2.12. The maximum absolute atomic E-state index is 12.3. The second-order valence-corrected chi connectivity index (χ2v) is 4.99. The van der Waals surface area contributed by atoms with Crippen LogP contribution in [0, 0.1) is 5.41 Å². The third-order valence-electron chi connectivity index (χ3n) is 2.32. The number of aliphatic hydroxyl groups is 1. The molecular formula is C11H23F3N2O. The van der Waals surface area contributed by atoms with Gasteiger partial charge in [-0.3, -0.25) is 4.90 Å². The summed E-state index contributed by atoms with van der Waals surface area (Å²) in [5.41, 5.74) is -0.254. The lowest BCUT2D eigenvalue weighted by atomic mass is 9.92. The molecule has 0 aliphatic rings. The van der Waals surface area contributed by atoms with Crippen LogP contribution in [-0.2, 0) is 0 Å². The number of hydrogen-bond acceptors (Lipinski definition) is 3. The summed E-state index contributed by atoms with van der Waals surface area (Å²) >= 11 is 0. The lowest BCUT2D eigenvalue weighted by molar-refractivity contribution is -0.149. The molecule has 0 fully saturated rings. The van der Waals surface area contributed by atoms with Crippen LogP contribution in [0.5, 0.6) is 0 Å². The molecule has 0 aliphatic heterocycles. The number of alkyl halides is 3. The van der Waals surface area contributed by atoms with Gasteiger partial charge >= 0.3 is 6.18 Å². The summed E-state index contributed by atoms with van der Waals surface area (Å²) in [6.07, 6.45) is -4.22. The number of hydrogen-bond donors (Lipinski definition) is 2. The molecule has 0 spiro atoms. The third kappa shape index (κ3) is 9.38. The molecule has 6 heteroatoms. The van der Waals surface area contributed by atoms with Gasteiger partial charge in [-0.2, -0.15) is 13.2 Å². The molecule has 0 aromatic carbocycles. The van der Waals surface area contributed by atoms with Gasteiger partial charge in [0.1, 0.15) is 0 Å². The zero-order valence-electron chi connectivity index (χ0n) is 10.8. The molecule has 2 N–H and O–H groups in total. The lowest BCUT2D eigenvalue weighted by Gasteiger charge is -2.33. The molecule has 0 aromatic rings. The molecule has 0 heterocycles. The van der Waals surface area contributed by atoms with Crippen molar-refractivity contribution in [1.29, 1.82) is 0 Å². The molecule has 0 saturated heterocycles. The number of nitrogens with one attached hydrogen (secondary N) is 1. The summed E-state index contributed by atoms with van der Waals surface area (Å²) in [6, 6.07) is 0. The van der Waals surface area contributed by atoms with Gasteiger partial charge in [0.15, 0.2) is 0 Å². The highest BCUT2D eigenvalue weighted by atomic mass is 19.4. The highest BCUT2D eigenvalue weighted by Gasteiger charge is 2.32. The van der Waals surface area contributed by atoms with E-state index in [0.29, 0.717) is 13.1 Å². The van der Waals surface area contributed by atoms with Crippen LogP contribution in [-0.4, -0.2) is 55.5 Å². The summed E-state index contributed by atoms with van der Waals surface area (Å²) < 4.78 is 37.0. The molecule has 0 amide bonds. The van der Waals surface area contributed by atoms with Crippen molar-refractivity contribution in [2.75, 3.05) is 39.3 Å². The Kier molecular flexibility index (Phi) is 7.04. The molecule has 0 radical (unpaired) electrons. The van der Waals surface area contributed by atoms with E-state index in [4.69, 9.17) is 5.11 Å². The zero-order valence-corrected chi connectivity index (χ0v) is 10.8. The summed E-state index contributed by atoms with van der Waals surface area (Å²) in [6.45, 7) is 6.36. The van der Waals surface area contributed by atoms with Crippen molar-refractivity contribution in [3.8, 4) is 0 Å². The molecule has 0 atom stereocenters. The first-order valence-electron chi connectivity index (χ1n) is 5.81. The van der Waals surface area contributed by atoms with E-state index >= 15 is 0 Å². The van der Waals surface area contributed by atoms with E-state index in [1.54, 1.807) is 0 Å². The molecule has 0 saturated carbocycles. The van der Waals surface area contributed by atoms with Crippen LogP contribution < -0.4 is 5.32 Å². The van der Waals surface area contributed by atoms with E-state index in [9.17, 15) is 13.2 Å². The quantitative estimate of drug-likeness (QED) is 0.690. The fourth-order valence-electron chi connectivity index (χ4n) is 1.73. The Morgan fingerprint density at radius 3 is 2.18 bits per heavy atom. The number of aliphatic hydroxyl groups excluding tert-OH is 1. The molecule has 0 aliphatic carbocycles. The minimum atomic E-state index is -4.22. The van der Waals surface area contributed by atoms with Gasteiger partial charge in [0.05, 0.1) is 13.2 Å². The van der Waals surface area contributed by atoms with Gasteiger partial charge in [0.2, 0.25) is 0 Å². The van der Waals surface area contributed by atoms with Crippen molar-refractivity contribution in [3.63, 3.8) is 0 Å². The van der Waals surface area contributed by atoms with Gasteiger partial charge in [0, 0.05) is 19.6 Å². The zero-order chi connectivity index (χ0) is 13.5.